The normalized spacial score (nSPS) is 10.8. The molecule has 0 amide bonds. The van der Waals surface area contributed by atoms with Crippen LogP contribution in [0.5, 0.6) is 0 Å². The molecule has 0 bridgehead atoms. The standard InChI is InChI=1S/C17H18FNO/c18-16-9-4-10-17(14-16)19-11-13-20-12-5-8-15-6-2-1-3-7-15/h1-10,14,19H,11-13H2. The van der Waals surface area contributed by atoms with Crippen LogP contribution in [-0.4, -0.2) is 19.8 Å². The van der Waals surface area contributed by atoms with E-state index in [0.717, 1.165) is 11.3 Å². The molecule has 2 aromatic carbocycles. The minimum absolute atomic E-state index is 0.235. The molecular formula is C17H18FNO. The van der Waals surface area contributed by atoms with Crippen LogP contribution in [0.3, 0.4) is 0 Å². The molecule has 0 heterocycles. The first-order chi connectivity index (χ1) is 9.84. The van der Waals surface area contributed by atoms with Crippen LogP contribution in [0.2, 0.25) is 0 Å². The predicted molar refractivity (Wildman–Crippen MR) is 81.2 cm³/mol. The smallest absolute Gasteiger partial charge is 0.125 e. The zero-order chi connectivity index (χ0) is 14.0. The molecule has 0 spiro atoms. The molecule has 1 N–H and O–H groups in total. The van der Waals surface area contributed by atoms with Crippen LogP contribution < -0.4 is 5.32 Å². The lowest BCUT2D eigenvalue weighted by atomic mass is 10.2. The van der Waals surface area contributed by atoms with E-state index in [1.54, 1.807) is 6.07 Å². The van der Waals surface area contributed by atoms with Crippen molar-refractivity contribution in [2.24, 2.45) is 0 Å². The maximum Gasteiger partial charge on any atom is 0.125 e. The molecule has 0 fully saturated rings. The van der Waals surface area contributed by atoms with Crippen LogP contribution in [0.1, 0.15) is 5.56 Å². The Hall–Kier alpha value is -2.13. The van der Waals surface area contributed by atoms with Crippen molar-refractivity contribution in [2.45, 2.75) is 0 Å². The number of rotatable bonds is 7. The Labute approximate surface area is 118 Å². The molecule has 0 saturated heterocycles. The van der Waals surface area contributed by atoms with Crippen molar-refractivity contribution < 1.29 is 9.13 Å². The number of anilines is 1. The van der Waals surface area contributed by atoms with Crippen molar-refractivity contribution in [1.29, 1.82) is 0 Å². The van der Waals surface area contributed by atoms with E-state index in [9.17, 15) is 4.39 Å². The van der Waals surface area contributed by atoms with E-state index in [-0.39, 0.29) is 5.82 Å². The minimum Gasteiger partial charge on any atom is -0.383 e. The van der Waals surface area contributed by atoms with Gasteiger partial charge in [0.05, 0.1) is 13.2 Å². The number of benzene rings is 2. The Bertz CT molecular complexity index is 540. The zero-order valence-corrected chi connectivity index (χ0v) is 11.3. The van der Waals surface area contributed by atoms with Crippen LogP contribution in [0.15, 0.2) is 60.7 Å². The molecule has 0 aliphatic carbocycles. The fourth-order valence-corrected chi connectivity index (χ4v) is 1.77. The largest absolute Gasteiger partial charge is 0.383 e. The van der Waals surface area contributed by atoms with E-state index in [4.69, 9.17) is 4.74 Å². The Kier molecular flexibility index (Phi) is 5.80. The maximum atomic E-state index is 12.9. The maximum absolute atomic E-state index is 12.9. The van der Waals surface area contributed by atoms with Crippen molar-refractivity contribution in [3.8, 4) is 0 Å². The summed E-state index contributed by atoms with van der Waals surface area (Å²) in [5, 5.41) is 3.10. The molecule has 0 saturated carbocycles. The third-order valence-electron chi connectivity index (χ3n) is 2.72. The highest BCUT2D eigenvalue weighted by molar-refractivity contribution is 5.48. The van der Waals surface area contributed by atoms with Crippen LogP contribution in [0.4, 0.5) is 10.1 Å². The monoisotopic (exact) mass is 271 g/mol. The second-order valence-electron chi connectivity index (χ2n) is 4.33. The van der Waals surface area contributed by atoms with Crippen molar-refractivity contribution in [3.05, 3.63) is 72.1 Å². The average molecular weight is 271 g/mol. The van der Waals surface area contributed by atoms with Gasteiger partial charge in [0.25, 0.3) is 0 Å². The molecule has 0 aliphatic heterocycles. The zero-order valence-electron chi connectivity index (χ0n) is 11.3. The van der Waals surface area contributed by atoms with E-state index >= 15 is 0 Å². The van der Waals surface area contributed by atoms with Gasteiger partial charge in [-0.05, 0) is 23.8 Å². The molecule has 2 nitrogen and oxygen atoms in total. The van der Waals surface area contributed by atoms with Gasteiger partial charge in [-0.25, -0.2) is 4.39 Å². The first-order valence-corrected chi connectivity index (χ1v) is 6.63. The molecule has 3 heteroatoms. The Morgan fingerprint density at radius 1 is 1.05 bits per heavy atom. The van der Waals surface area contributed by atoms with Gasteiger partial charge in [0.15, 0.2) is 0 Å². The lowest BCUT2D eigenvalue weighted by Gasteiger charge is -2.06. The van der Waals surface area contributed by atoms with Gasteiger partial charge in [-0.15, -0.1) is 0 Å². The topological polar surface area (TPSA) is 21.3 Å². The summed E-state index contributed by atoms with van der Waals surface area (Å²) < 4.78 is 18.4. The van der Waals surface area contributed by atoms with Crippen molar-refractivity contribution in [2.75, 3.05) is 25.1 Å². The molecule has 104 valence electrons. The molecule has 2 rings (SSSR count). The highest BCUT2D eigenvalue weighted by Crippen LogP contribution is 2.08. The lowest BCUT2D eigenvalue weighted by molar-refractivity contribution is 0.174. The first kappa shape index (κ1) is 14.3. The number of hydrogen-bond donors (Lipinski definition) is 1. The van der Waals surface area contributed by atoms with Gasteiger partial charge in [0, 0.05) is 12.2 Å². The number of nitrogens with one attached hydrogen (secondary N) is 1. The summed E-state index contributed by atoms with van der Waals surface area (Å²) in [7, 11) is 0. The van der Waals surface area contributed by atoms with Gasteiger partial charge in [-0.2, -0.15) is 0 Å². The minimum atomic E-state index is -0.235. The van der Waals surface area contributed by atoms with Gasteiger partial charge in [-0.3, -0.25) is 0 Å². The van der Waals surface area contributed by atoms with Gasteiger partial charge in [0.1, 0.15) is 5.82 Å². The summed E-state index contributed by atoms with van der Waals surface area (Å²) in [6, 6.07) is 16.5. The lowest BCUT2D eigenvalue weighted by Crippen LogP contribution is -2.09. The average Bonchev–Trinajstić information content (AvgIpc) is 2.47. The quantitative estimate of drug-likeness (QED) is 0.769. The third-order valence-corrected chi connectivity index (χ3v) is 2.72. The fraction of sp³-hybridized carbons (Fsp3) is 0.176. The van der Waals surface area contributed by atoms with Crippen LogP contribution in [-0.2, 0) is 4.74 Å². The first-order valence-electron chi connectivity index (χ1n) is 6.63. The molecule has 0 aliphatic rings. The van der Waals surface area contributed by atoms with Gasteiger partial charge in [-0.1, -0.05) is 48.6 Å². The second-order valence-corrected chi connectivity index (χ2v) is 4.33. The van der Waals surface area contributed by atoms with Crippen molar-refractivity contribution in [1.82, 2.24) is 0 Å². The van der Waals surface area contributed by atoms with E-state index in [1.165, 1.54) is 12.1 Å². The van der Waals surface area contributed by atoms with E-state index in [1.807, 2.05) is 48.6 Å². The summed E-state index contributed by atoms with van der Waals surface area (Å²) >= 11 is 0. The van der Waals surface area contributed by atoms with Gasteiger partial charge < -0.3 is 10.1 Å². The molecule has 0 unspecified atom stereocenters. The molecule has 0 radical (unpaired) electrons. The number of ether oxygens (including phenoxy) is 1. The summed E-state index contributed by atoms with van der Waals surface area (Å²) in [6.45, 7) is 1.80. The fourth-order valence-electron chi connectivity index (χ4n) is 1.77. The SMILES string of the molecule is Fc1cccc(NCCOCC=Cc2ccccc2)c1. The Morgan fingerprint density at radius 3 is 2.70 bits per heavy atom. The van der Waals surface area contributed by atoms with Gasteiger partial charge in [0.2, 0.25) is 0 Å². The van der Waals surface area contributed by atoms with Crippen LogP contribution in [0, 0.1) is 5.82 Å². The van der Waals surface area contributed by atoms with Crippen LogP contribution >= 0.6 is 0 Å². The van der Waals surface area contributed by atoms with Crippen LogP contribution in [0.25, 0.3) is 6.08 Å². The highest BCUT2D eigenvalue weighted by Gasteiger charge is 1.93. The summed E-state index contributed by atoms with van der Waals surface area (Å²) in [5.41, 5.74) is 1.93. The van der Waals surface area contributed by atoms with Crippen molar-refractivity contribution >= 4 is 11.8 Å². The third kappa shape index (κ3) is 5.24. The molecule has 0 aromatic heterocycles. The van der Waals surface area contributed by atoms with Crippen molar-refractivity contribution in [3.63, 3.8) is 0 Å². The molecule has 0 atom stereocenters. The summed E-state index contributed by atoms with van der Waals surface area (Å²) in [5.74, 6) is -0.235. The molecule has 20 heavy (non-hydrogen) atoms. The van der Waals surface area contributed by atoms with E-state index in [0.29, 0.717) is 19.8 Å². The second kappa shape index (κ2) is 8.12. The van der Waals surface area contributed by atoms with E-state index in [2.05, 4.69) is 5.32 Å². The number of hydrogen-bond acceptors (Lipinski definition) is 2. The van der Waals surface area contributed by atoms with Gasteiger partial charge >= 0.3 is 0 Å². The molecular weight excluding hydrogens is 253 g/mol. The summed E-state index contributed by atoms with van der Waals surface area (Å²) in [4.78, 5) is 0. The summed E-state index contributed by atoms with van der Waals surface area (Å²) in [6.07, 6.45) is 4.01. The Balaban J connectivity index is 1.59. The Morgan fingerprint density at radius 2 is 1.90 bits per heavy atom. The number of halogens is 1. The molecule has 2 aromatic rings. The van der Waals surface area contributed by atoms with E-state index < -0.39 is 0 Å². The highest BCUT2D eigenvalue weighted by atomic mass is 19.1. The predicted octanol–water partition coefficient (Wildman–Crippen LogP) is 3.97.